The quantitative estimate of drug-likeness (QED) is 0.859. The number of carbonyl (C=O) groups is 2. The van der Waals surface area contributed by atoms with Crippen molar-refractivity contribution in [2.45, 2.75) is 25.8 Å². The molecule has 1 unspecified atom stereocenters. The Bertz CT molecular complexity index is 767. The third kappa shape index (κ3) is 3.79. The van der Waals surface area contributed by atoms with Crippen molar-refractivity contribution in [3.63, 3.8) is 0 Å². The molecule has 3 amide bonds. The van der Waals surface area contributed by atoms with Crippen LogP contribution < -0.4 is 5.32 Å². The Labute approximate surface area is 151 Å². The lowest BCUT2D eigenvalue weighted by Crippen LogP contribution is -2.43. The minimum absolute atomic E-state index is 0.0817. The van der Waals surface area contributed by atoms with Gasteiger partial charge in [0, 0.05) is 20.0 Å². The van der Waals surface area contributed by atoms with Crippen LogP contribution in [0, 0.1) is 0 Å². The minimum Gasteiger partial charge on any atom is -0.467 e. The van der Waals surface area contributed by atoms with Crippen LogP contribution >= 0.6 is 0 Å². The van der Waals surface area contributed by atoms with E-state index in [0.29, 0.717) is 30.2 Å². The van der Waals surface area contributed by atoms with Crippen LogP contribution in [0.1, 0.15) is 37.3 Å². The fraction of sp³-hybridized carbons (Fsp3) is 0.389. The number of rotatable bonds is 6. The van der Waals surface area contributed by atoms with Crippen molar-refractivity contribution in [3.8, 4) is 0 Å². The van der Waals surface area contributed by atoms with E-state index in [9.17, 15) is 9.59 Å². The predicted molar refractivity (Wildman–Crippen MR) is 94.5 cm³/mol. The molecule has 0 spiro atoms. The van der Waals surface area contributed by atoms with Gasteiger partial charge in [-0.1, -0.05) is 6.92 Å². The van der Waals surface area contributed by atoms with Gasteiger partial charge in [0.1, 0.15) is 29.8 Å². The maximum atomic E-state index is 12.8. The van der Waals surface area contributed by atoms with Gasteiger partial charge in [0.05, 0.1) is 12.5 Å². The number of furan rings is 2. The first-order valence-electron chi connectivity index (χ1n) is 8.56. The molecule has 0 bridgehead atoms. The second kappa shape index (κ2) is 7.90. The van der Waals surface area contributed by atoms with Crippen molar-refractivity contribution in [2.24, 2.45) is 5.10 Å². The summed E-state index contributed by atoms with van der Waals surface area (Å²) in [5.41, 5.74) is 0.669. The summed E-state index contributed by atoms with van der Waals surface area (Å²) in [4.78, 5) is 26.1. The molecule has 3 heterocycles. The van der Waals surface area contributed by atoms with Gasteiger partial charge >= 0.3 is 6.03 Å². The average Bonchev–Trinajstić information content (AvgIpc) is 3.39. The maximum absolute atomic E-state index is 12.8. The average molecular weight is 358 g/mol. The van der Waals surface area contributed by atoms with E-state index in [-0.39, 0.29) is 24.5 Å². The molecule has 1 N–H and O–H groups in total. The van der Waals surface area contributed by atoms with E-state index in [4.69, 9.17) is 8.83 Å². The summed E-state index contributed by atoms with van der Waals surface area (Å²) < 4.78 is 10.9. The van der Waals surface area contributed by atoms with E-state index in [2.05, 4.69) is 10.4 Å². The first-order chi connectivity index (χ1) is 12.6. The topological polar surface area (TPSA) is 91.3 Å². The highest BCUT2D eigenvalue weighted by atomic mass is 16.3. The molecule has 1 aliphatic rings. The normalized spacial score (nSPS) is 16.5. The largest absolute Gasteiger partial charge is 0.467 e. The molecule has 8 heteroatoms. The van der Waals surface area contributed by atoms with Crippen LogP contribution in [0.2, 0.25) is 0 Å². The highest BCUT2D eigenvalue weighted by Crippen LogP contribution is 2.33. The molecule has 0 fully saturated rings. The van der Waals surface area contributed by atoms with E-state index in [0.717, 1.165) is 6.42 Å². The Balaban J connectivity index is 1.75. The number of amides is 3. The standard InChI is InChI=1S/C18H22N4O4/c1-3-8-19-18(24)21(2)12-17(23)22-14(16-7-5-10-26-16)11-13(20-22)15-6-4-9-25-15/h4-7,9-10,14H,3,8,11-12H2,1-2H3,(H,19,24). The Morgan fingerprint density at radius 3 is 2.73 bits per heavy atom. The fourth-order valence-electron chi connectivity index (χ4n) is 2.75. The number of hydrogen-bond donors (Lipinski definition) is 1. The Morgan fingerprint density at radius 1 is 1.31 bits per heavy atom. The molecule has 138 valence electrons. The summed E-state index contributed by atoms with van der Waals surface area (Å²) in [5.74, 6) is 0.967. The van der Waals surface area contributed by atoms with Crippen molar-refractivity contribution in [1.29, 1.82) is 0 Å². The molecule has 0 radical (unpaired) electrons. The second-order valence-corrected chi connectivity index (χ2v) is 6.09. The van der Waals surface area contributed by atoms with Gasteiger partial charge in [-0.3, -0.25) is 4.79 Å². The lowest BCUT2D eigenvalue weighted by molar-refractivity contribution is -0.133. The van der Waals surface area contributed by atoms with Crippen LogP contribution in [0.25, 0.3) is 0 Å². The third-order valence-electron chi connectivity index (χ3n) is 4.09. The fourth-order valence-corrected chi connectivity index (χ4v) is 2.75. The maximum Gasteiger partial charge on any atom is 0.317 e. The molecule has 1 aliphatic heterocycles. The zero-order valence-electron chi connectivity index (χ0n) is 14.8. The van der Waals surface area contributed by atoms with Gasteiger partial charge in [0.25, 0.3) is 5.91 Å². The summed E-state index contributed by atoms with van der Waals surface area (Å²) in [7, 11) is 1.58. The molecule has 3 rings (SSSR count). The number of hydrogen-bond acceptors (Lipinski definition) is 5. The van der Waals surface area contributed by atoms with Gasteiger partial charge in [0.15, 0.2) is 0 Å². The molecule has 0 aliphatic carbocycles. The number of likely N-dealkylation sites (N-methyl/N-ethyl adjacent to an activating group) is 1. The summed E-state index contributed by atoms with van der Waals surface area (Å²) >= 11 is 0. The first kappa shape index (κ1) is 17.8. The van der Waals surface area contributed by atoms with Crippen molar-refractivity contribution in [1.82, 2.24) is 15.2 Å². The van der Waals surface area contributed by atoms with Gasteiger partial charge in [-0.25, -0.2) is 9.80 Å². The molecule has 1 atom stereocenters. The number of nitrogens with zero attached hydrogens (tertiary/aromatic N) is 3. The number of nitrogens with one attached hydrogen (secondary N) is 1. The smallest absolute Gasteiger partial charge is 0.317 e. The molecular weight excluding hydrogens is 336 g/mol. The van der Waals surface area contributed by atoms with Crippen LogP contribution in [-0.2, 0) is 4.79 Å². The van der Waals surface area contributed by atoms with Crippen molar-refractivity contribution in [3.05, 3.63) is 48.3 Å². The number of carbonyl (C=O) groups excluding carboxylic acids is 2. The molecule has 26 heavy (non-hydrogen) atoms. The monoisotopic (exact) mass is 358 g/mol. The molecular formula is C18H22N4O4. The first-order valence-corrected chi connectivity index (χ1v) is 8.56. The Kier molecular flexibility index (Phi) is 5.40. The lowest BCUT2D eigenvalue weighted by Gasteiger charge is -2.23. The minimum atomic E-state index is -0.357. The molecule has 2 aromatic heterocycles. The van der Waals surface area contributed by atoms with Crippen molar-refractivity contribution >= 4 is 17.6 Å². The summed E-state index contributed by atoms with van der Waals surface area (Å²) in [6, 6.07) is 6.51. The third-order valence-corrected chi connectivity index (χ3v) is 4.09. The van der Waals surface area contributed by atoms with Gasteiger partial charge in [-0.15, -0.1) is 0 Å². The summed E-state index contributed by atoms with van der Waals surface area (Å²) in [6.45, 7) is 2.45. The predicted octanol–water partition coefficient (Wildman–Crippen LogP) is 2.60. The van der Waals surface area contributed by atoms with E-state index in [1.807, 2.05) is 13.0 Å². The van der Waals surface area contributed by atoms with E-state index in [1.54, 1.807) is 37.8 Å². The molecule has 0 saturated heterocycles. The summed E-state index contributed by atoms with van der Waals surface area (Å²) in [6.07, 6.45) is 4.44. The van der Waals surface area contributed by atoms with Gasteiger partial charge in [0.2, 0.25) is 0 Å². The molecule has 0 saturated carbocycles. The highest BCUT2D eigenvalue weighted by Gasteiger charge is 2.36. The zero-order chi connectivity index (χ0) is 18.5. The summed E-state index contributed by atoms with van der Waals surface area (Å²) in [5, 5.41) is 8.55. The van der Waals surface area contributed by atoms with Crippen molar-refractivity contribution in [2.75, 3.05) is 20.1 Å². The highest BCUT2D eigenvalue weighted by molar-refractivity contribution is 6.01. The second-order valence-electron chi connectivity index (χ2n) is 6.09. The van der Waals surface area contributed by atoms with E-state index in [1.165, 1.54) is 9.91 Å². The zero-order valence-corrected chi connectivity index (χ0v) is 14.8. The SMILES string of the molecule is CCCNC(=O)N(C)CC(=O)N1N=C(c2ccco2)CC1c1ccco1. The van der Waals surface area contributed by atoms with Gasteiger partial charge < -0.3 is 19.1 Å². The van der Waals surface area contributed by atoms with E-state index < -0.39 is 0 Å². The molecule has 8 nitrogen and oxygen atoms in total. The van der Waals surface area contributed by atoms with Crippen LogP contribution in [0.4, 0.5) is 4.79 Å². The molecule has 0 aromatic carbocycles. The Hall–Kier alpha value is -3.03. The Morgan fingerprint density at radius 2 is 2.08 bits per heavy atom. The van der Waals surface area contributed by atoms with Crippen LogP contribution in [-0.4, -0.2) is 47.7 Å². The van der Waals surface area contributed by atoms with E-state index >= 15 is 0 Å². The van der Waals surface area contributed by atoms with Crippen LogP contribution in [0.3, 0.4) is 0 Å². The van der Waals surface area contributed by atoms with Gasteiger partial charge in [-0.2, -0.15) is 5.10 Å². The number of urea groups is 1. The molecule has 2 aromatic rings. The van der Waals surface area contributed by atoms with Crippen molar-refractivity contribution < 1.29 is 18.4 Å². The lowest BCUT2D eigenvalue weighted by atomic mass is 10.1. The van der Waals surface area contributed by atoms with Crippen LogP contribution in [0.5, 0.6) is 0 Å². The number of hydrazone groups is 1. The van der Waals surface area contributed by atoms with Gasteiger partial charge in [-0.05, 0) is 30.7 Å². The van der Waals surface area contributed by atoms with Crippen LogP contribution in [0.15, 0.2) is 50.7 Å².